The fourth-order valence-electron chi connectivity index (χ4n) is 0.891. The summed E-state index contributed by atoms with van der Waals surface area (Å²) in [6, 6.07) is 7.62. The molecule has 0 spiro atoms. The zero-order chi connectivity index (χ0) is 11.3. The topological polar surface area (TPSA) is 118 Å². The zero-order valence-corrected chi connectivity index (χ0v) is 9.15. The maximum Gasteiger partial charge on any atom is 0.251 e. The number of nitrogens with two attached hydrogens (primary N) is 2. The van der Waals surface area contributed by atoms with Crippen molar-refractivity contribution in [2.45, 2.75) is 6.04 Å². The van der Waals surface area contributed by atoms with E-state index in [0.29, 0.717) is 5.69 Å². The van der Waals surface area contributed by atoms with Gasteiger partial charge in [0.1, 0.15) is 5.84 Å². The Morgan fingerprint density at radius 3 is 2.25 bits per heavy atom. The number of amidine groups is 1. The molecule has 1 atom stereocenters. The first-order chi connectivity index (χ1) is 7.11. The molecule has 0 heterocycles. The van der Waals surface area contributed by atoms with Crippen LogP contribution < -0.4 is 11.5 Å². The maximum atomic E-state index is 10.8. The number of nitrogens with one attached hydrogen (secondary N) is 1. The number of primary amides is 1. The van der Waals surface area contributed by atoms with Crippen LogP contribution in [0.4, 0.5) is 5.69 Å². The van der Waals surface area contributed by atoms with Crippen molar-refractivity contribution in [1.29, 1.82) is 5.41 Å². The van der Waals surface area contributed by atoms with Crippen LogP contribution in [0.15, 0.2) is 40.6 Å². The summed E-state index contributed by atoms with van der Waals surface area (Å²) in [5.74, 6) is -1.20. The van der Waals surface area contributed by atoms with Gasteiger partial charge in [-0.05, 0) is 12.1 Å². The molecule has 1 unspecified atom stereocenters. The number of carbonyl (C=O) groups is 1. The van der Waals surface area contributed by atoms with E-state index in [1.165, 1.54) is 0 Å². The van der Waals surface area contributed by atoms with Crippen LogP contribution in [-0.2, 0) is 4.79 Å². The molecule has 0 radical (unpaired) electrons. The third-order valence-corrected chi connectivity index (χ3v) is 1.61. The zero-order valence-electron chi connectivity index (χ0n) is 8.33. The molecule has 0 saturated carbocycles. The van der Waals surface area contributed by atoms with Gasteiger partial charge in [0, 0.05) is 0 Å². The van der Waals surface area contributed by atoms with E-state index in [0.717, 1.165) is 0 Å². The van der Waals surface area contributed by atoms with E-state index in [4.69, 9.17) is 16.9 Å². The van der Waals surface area contributed by atoms with Gasteiger partial charge in [-0.25, -0.2) is 0 Å². The van der Waals surface area contributed by atoms with Crippen LogP contribution in [-0.4, -0.2) is 17.8 Å². The summed E-state index contributed by atoms with van der Waals surface area (Å²) in [4.78, 5) is 10.8. The van der Waals surface area contributed by atoms with Crippen molar-refractivity contribution in [3.8, 4) is 0 Å². The van der Waals surface area contributed by atoms with Crippen molar-refractivity contribution >= 4 is 29.8 Å². The summed E-state index contributed by atoms with van der Waals surface area (Å²) in [5, 5.41) is 14.4. The molecule has 1 amide bonds. The van der Waals surface area contributed by atoms with E-state index < -0.39 is 17.8 Å². The summed E-state index contributed by atoms with van der Waals surface area (Å²) in [6.45, 7) is 0. The lowest BCUT2D eigenvalue weighted by atomic mass is 10.3. The number of halogens is 1. The van der Waals surface area contributed by atoms with Gasteiger partial charge in [0.25, 0.3) is 5.91 Å². The molecule has 7 heteroatoms. The third-order valence-electron chi connectivity index (χ3n) is 1.61. The van der Waals surface area contributed by atoms with Crippen LogP contribution in [0, 0.1) is 5.41 Å². The first-order valence-electron chi connectivity index (χ1n) is 4.20. The lowest BCUT2D eigenvalue weighted by molar-refractivity contribution is -0.117. The molecule has 0 aliphatic rings. The predicted molar refractivity (Wildman–Crippen MR) is 63.1 cm³/mol. The molecule has 1 rings (SSSR count). The van der Waals surface area contributed by atoms with Crippen LogP contribution in [0.25, 0.3) is 0 Å². The first kappa shape index (κ1) is 14.1. The van der Waals surface area contributed by atoms with Gasteiger partial charge >= 0.3 is 0 Å². The molecule has 0 saturated heterocycles. The van der Waals surface area contributed by atoms with Gasteiger partial charge in [-0.15, -0.1) is 12.4 Å². The number of hydrogen-bond donors (Lipinski definition) is 3. The summed E-state index contributed by atoms with van der Waals surface area (Å²) in [6.07, 6.45) is 0. The van der Waals surface area contributed by atoms with Gasteiger partial charge in [0.2, 0.25) is 6.04 Å². The minimum Gasteiger partial charge on any atom is -0.385 e. The van der Waals surface area contributed by atoms with Crippen LogP contribution in [0.2, 0.25) is 0 Å². The summed E-state index contributed by atoms with van der Waals surface area (Å²) in [7, 11) is 0. The van der Waals surface area contributed by atoms with Crippen molar-refractivity contribution in [3.63, 3.8) is 0 Å². The van der Waals surface area contributed by atoms with E-state index in [2.05, 4.69) is 10.2 Å². The third kappa shape index (κ3) is 4.05. The SMILES string of the molecule is Cl.N=C(N)C(N=Nc1ccccc1)C(N)=O. The second-order valence-corrected chi connectivity index (χ2v) is 2.81. The molecule has 1 aromatic carbocycles. The Morgan fingerprint density at radius 1 is 1.25 bits per heavy atom. The highest BCUT2D eigenvalue weighted by Crippen LogP contribution is 2.10. The summed E-state index contributed by atoms with van der Waals surface area (Å²) >= 11 is 0. The van der Waals surface area contributed by atoms with Crippen molar-refractivity contribution in [2.24, 2.45) is 21.7 Å². The quantitative estimate of drug-likeness (QED) is 0.414. The molecule has 0 aliphatic heterocycles. The highest BCUT2D eigenvalue weighted by atomic mass is 35.5. The molecular formula is C9H12ClN5O. The minimum absolute atomic E-state index is 0. The van der Waals surface area contributed by atoms with Gasteiger partial charge in [0.05, 0.1) is 5.69 Å². The normalized spacial score (nSPS) is 11.8. The molecule has 0 bridgehead atoms. The Kier molecular flexibility index (Phi) is 5.72. The summed E-state index contributed by atoms with van der Waals surface area (Å²) in [5.41, 5.74) is 10.7. The Labute approximate surface area is 98.7 Å². The minimum atomic E-state index is -1.19. The summed E-state index contributed by atoms with van der Waals surface area (Å²) < 4.78 is 0. The van der Waals surface area contributed by atoms with Gasteiger partial charge in [0.15, 0.2) is 0 Å². The van der Waals surface area contributed by atoms with Gasteiger partial charge in [-0.1, -0.05) is 18.2 Å². The molecular weight excluding hydrogens is 230 g/mol. The van der Waals surface area contributed by atoms with Crippen molar-refractivity contribution < 1.29 is 4.79 Å². The molecule has 1 aromatic rings. The Morgan fingerprint density at radius 2 is 1.81 bits per heavy atom. The average Bonchev–Trinajstić information content (AvgIpc) is 2.18. The molecule has 0 aliphatic carbocycles. The Balaban J connectivity index is 0.00000225. The van der Waals surface area contributed by atoms with Gasteiger partial charge < -0.3 is 11.5 Å². The van der Waals surface area contributed by atoms with E-state index >= 15 is 0 Å². The second kappa shape index (κ2) is 6.52. The van der Waals surface area contributed by atoms with E-state index in [-0.39, 0.29) is 12.4 Å². The van der Waals surface area contributed by atoms with E-state index in [1.54, 1.807) is 24.3 Å². The molecule has 0 aromatic heterocycles. The highest BCUT2D eigenvalue weighted by molar-refractivity contribution is 6.04. The van der Waals surface area contributed by atoms with Crippen molar-refractivity contribution in [1.82, 2.24) is 0 Å². The van der Waals surface area contributed by atoms with E-state index in [9.17, 15) is 4.79 Å². The number of benzene rings is 1. The molecule has 0 fully saturated rings. The Hall–Kier alpha value is -1.95. The van der Waals surface area contributed by atoms with Gasteiger partial charge in [-0.2, -0.15) is 10.2 Å². The number of nitrogens with zero attached hydrogens (tertiary/aromatic N) is 2. The molecule has 6 nitrogen and oxygen atoms in total. The van der Waals surface area contributed by atoms with Crippen LogP contribution in [0.3, 0.4) is 0 Å². The average molecular weight is 242 g/mol. The predicted octanol–water partition coefficient (Wildman–Crippen LogP) is 0.982. The number of azo groups is 1. The van der Waals surface area contributed by atoms with Gasteiger partial charge in [-0.3, -0.25) is 10.2 Å². The fraction of sp³-hybridized carbons (Fsp3) is 0.111. The smallest absolute Gasteiger partial charge is 0.251 e. The lowest BCUT2D eigenvalue weighted by Crippen LogP contribution is -2.38. The van der Waals surface area contributed by atoms with Crippen LogP contribution >= 0.6 is 12.4 Å². The van der Waals surface area contributed by atoms with Crippen molar-refractivity contribution in [3.05, 3.63) is 30.3 Å². The largest absolute Gasteiger partial charge is 0.385 e. The van der Waals surface area contributed by atoms with Crippen molar-refractivity contribution in [2.75, 3.05) is 0 Å². The highest BCUT2D eigenvalue weighted by Gasteiger charge is 2.17. The fourth-order valence-corrected chi connectivity index (χ4v) is 0.891. The number of hydrogen-bond acceptors (Lipinski definition) is 4. The standard InChI is InChI=1S/C9H11N5O.ClH/c10-8(11)7(9(12)15)14-13-6-4-2-1-3-5-6;/h1-5,7H,(H3,10,11)(H2,12,15);1H. The molecule has 5 N–H and O–H groups in total. The number of rotatable bonds is 4. The lowest BCUT2D eigenvalue weighted by Gasteiger charge is -2.03. The van der Waals surface area contributed by atoms with Crippen LogP contribution in [0.1, 0.15) is 0 Å². The van der Waals surface area contributed by atoms with Crippen LogP contribution in [0.5, 0.6) is 0 Å². The van der Waals surface area contributed by atoms with E-state index in [1.807, 2.05) is 6.07 Å². The maximum absolute atomic E-state index is 10.8. The monoisotopic (exact) mass is 241 g/mol. The Bertz CT molecular complexity index is 378. The number of amides is 1. The first-order valence-corrected chi connectivity index (χ1v) is 4.20. The number of carbonyl (C=O) groups excluding carboxylic acids is 1. The second-order valence-electron chi connectivity index (χ2n) is 2.81. The molecule has 16 heavy (non-hydrogen) atoms. The molecule has 86 valence electrons.